The van der Waals surface area contributed by atoms with Crippen LogP contribution in [0.3, 0.4) is 0 Å². The Kier molecular flexibility index (Phi) is 9.31. The molecule has 156 valence electrons. The van der Waals surface area contributed by atoms with E-state index in [9.17, 15) is 4.79 Å². The number of rotatable bonds is 11. The fourth-order valence-corrected chi connectivity index (χ4v) is 2.82. The normalized spacial score (nSPS) is 10.8. The molecule has 2 aromatic rings. The maximum Gasteiger partial charge on any atom is 0.271 e. The van der Waals surface area contributed by atoms with Gasteiger partial charge in [-0.25, -0.2) is 5.43 Å². The van der Waals surface area contributed by atoms with Crippen molar-refractivity contribution < 1.29 is 19.0 Å². The highest BCUT2D eigenvalue weighted by atomic mass is 35.5. The monoisotopic (exact) mass is 418 g/mol. The molecule has 1 N–H and O–H groups in total. The van der Waals surface area contributed by atoms with Gasteiger partial charge in [-0.05, 0) is 36.8 Å². The van der Waals surface area contributed by atoms with E-state index >= 15 is 0 Å². The number of halogens is 1. The van der Waals surface area contributed by atoms with Crippen molar-refractivity contribution in [2.24, 2.45) is 5.10 Å². The van der Waals surface area contributed by atoms with Gasteiger partial charge in [-0.3, -0.25) is 4.79 Å². The molecule has 0 radical (unpaired) electrons. The van der Waals surface area contributed by atoms with Crippen LogP contribution in [0, 0.1) is 0 Å². The van der Waals surface area contributed by atoms with Crippen LogP contribution in [0.5, 0.6) is 17.2 Å². The lowest BCUT2D eigenvalue weighted by molar-refractivity contribution is 0.0955. The van der Waals surface area contributed by atoms with Crippen molar-refractivity contribution in [1.82, 2.24) is 5.43 Å². The van der Waals surface area contributed by atoms with E-state index in [0.29, 0.717) is 34.3 Å². The predicted molar refractivity (Wildman–Crippen MR) is 116 cm³/mol. The van der Waals surface area contributed by atoms with Gasteiger partial charge < -0.3 is 14.2 Å². The topological polar surface area (TPSA) is 69.2 Å². The molecule has 0 unspecified atom stereocenters. The van der Waals surface area contributed by atoms with Crippen LogP contribution in [0.25, 0.3) is 0 Å². The minimum Gasteiger partial charge on any atom is -0.494 e. The molecule has 0 aliphatic heterocycles. The minimum atomic E-state index is -0.327. The molecule has 0 heterocycles. The van der Waals surface area contributed by atoms with Gasteiger partial charge in [0.15, 0.2) is 11.5 Å². The second-order valence-electron chi connectivity index (χ2n) is 6.36. The van der Waals surface area contributed by atoms with Crippen molar-refractivity contribution in [2.45, 2.75) is 32.6 Å². The van der Waals surface area contributed by atoms with Gasteiger partial charge in [0.05, 0.1) is 32.1 Å². The number of benzene rings is 2. The third kappa shape index (κ3) is 6.98. The van der Waals surface area contributed by atoms with Gasteiger partial charge >= 0.3 is 0 Å². The maximum atomic E-state index is 12.2. The number of methoxy groups -OCH3 is 2. The molecular weight excluding hydrogens is 392 g/mol. The number of amides is 1. The molecule has 0 aliphatic carbocycles. The fourth-order valence-electron chi connectivity index (χ4n) is 2.62. The van der Waals surface area contributed by atoms with Gasteiger partial charge in [0, 0.05) is 17.2 Å². The first-order valence-electron chi connectivity index (χ1n) is 9.56. The fraction of sp³-hybridized carbons (Fsp3) is 0.364. The second-order valence-corrected chi connectivity index (χ2v) is 6.77. The number of carbonyl (C=O) groups excluding carboxylic acids is 1. The van der Waals surface area contributed by atoms with Crippen molar-refractivity contribution in [3.05, 3.63) is 52.5 Å². The molecule has 6 nitrogen and oxygen atoms in total. The van der Waals surface area contributed by atoms with Crippen molar-refractivity contribution in [3.63, 3.8) is 0 Å². The zero-order valence-electron chi connectivity index (χ0n) is 17.0. The van der Waals surface area contributed by atoms with Gasteiger partial charge in [0.2, 0.25) is 0 Å². The summed E-state index contributed by atoms with van der Waals surface area (Å²) in [5, 5.41) is 4.41. The molecule has 0 atom stereocenters. The smallest absolute Gasteiger partial charge is 0.271 e. The van der Waals surface area contributed by atoms with Crippen molar-refractivity contribution in [3.8, 4) is 17.2 Å². The van der Waals surface area contributed by atoms with E-state index in [0.717, 1.165) is 12.2 Å². The highest BCUT2D eigenvalue weighted by molar-refractivity contribution is 6.33. The average molecular weight is 419 g/mol. The number of carbonyl (C=O) groups is 1. The molecule has 0 saturated heterocycles. The van der Waals surface area contributed by atoms with Gasteiger partial charge in [0.25, 0.3) is 5.91 Å². The number of hydrogen-bond acceptors (Lipinski definition) is 5. The summed E-state index contributed by atoms with van der Waals surface area (Å²) in [5.74, 6) is 1.47. The van der Waals surface area contributed by atoms with Crippen LogP contribution in [-0.4, -0.2) is 32.9 Å². The molecule has 0 aliphatic rings. The van der Waals surface area contributed by atoms with E-state index in [1.165, 1.54) is 39.7 Å². The first-order chi connectivity index (χ1) is 14.1. The Morgan fingerprint density at radius 1 is 1.07 bits per heavy atom. The summed E-state index contributed by atoms with van der Waals surface area (Å²) in [6.45, 7) is 2.86. The zero-order valence-corrected chi connectivity index (χ0v) is 17.8. The third-order valence-corrected chi connectivity index (χ3v) is 4.58. The van der Waals surface area contributed by atoms with E-state index in [1.54, 1.807) is 36.4 Å². The van der Waals surface area contributed by atoms with E-state index in [2.05, 4.69) is 17.5 Å². The van der Waals surface area contributed by atoms with Crippen LogP contribution in [0.4, 0.5) is 0 Å². The van der Waals surface area contributed by atoms with Crippen molar-refractivity contribution >= 4 is 23.7 Å². The molecular formula is C22H27ClN2O4. The summed E-state index contributed by atoms with van der Waals surface area (Å²) in [4.78, 5) is 12.2. The Labute approximate surface area is 176 Å². The Morgan fingerprint density at radius 3 is 2.41 bits per heavy atom. The molecule has 0 spiro atoms. The summed E-state index contributed by atoms with van der Waals surface area (Å²) in [5.41, 5.74) is 3.56. The van der Waals surface area contributed by atoms with Crippen molar-refractivity contribution in [2.75, 3.05) is 20.8 Å². The summed E-state index contributed by atoms with van der Waals surface area (Å²) in [6, 6.07) is 10.3. The highest BCUT2D eigenvalue weighted by Gasteiger charge is 2.09. The minimum absolute atomic E-state index is 0.327. The number of unbranched alkanes of at least 4 members (excludes halogenated alkanes) is 3. The lowest BCUT2D eigenvalue weighted by Gasteiger charge is -2.09. The Balaban J connectivity index is 1.90. The molecule has 0 fully saturated rings. The quantitative estimate of drug-likeness (QED) is 0.314. The zero-order chi connectivity index (χ0) is 21.1. The maximum absolute atomic E-state index is 12.2. The number of nitrogens with one attached hydrogen (secondary N) is 1. The SMILES string of the molecule is CCCCCCOc1ccc(C(=O)N/N=C/c2cc(OC)c(OC)cc2Cl)cc1. The number of ether oxygens (including phenoxy) is 3. The standard InChI is InChI=1S/C22H27ClN2O4/c1-4-5-6-7-12-29-18-10-8-16(9-11-18)22(26)25-24-15-17-13-20(27-2)21(28-3)14-19(17)23/h8-11,13-15H,4-7,12H2,1-3H3,(H,25,26)/b24-15+. The molecule has 0 bridgehead atoms. The largest absolute Gasteiger partial charge is 0.494 e. The molecule has 0 aromatic heterocycles. The molecule has 7 heteroatoms. The van der Waals surface area contributed by atoms with Gasteiger partial charge in [0.1, 0.15) is 5.75 Å². The summed E-state index contributed by atoms with van der Waals surface area (Å²) in [7, 11) is 3.07. The highest BCUT2D eigenvalue weighted by Crippen LogP contribution is 2.32. The van der Waals surface area contributed by atoms with E-state index < -0.39 is 0 Å². The summed E-state index contributed by atoms with van der Waals surface area (Å²) >= 11 is 6.20. The first-order valence-corrected chi connectivity index (χ1v) is 9.94. The Morgan fingerprint density at radius 2 is 1.76 bits per heavy atom. The third-order valence-electron chi connectivity index (χ3n) is 4.26. The van der Waals surface area contributed by atoms with Crippen LogP contribution in [0.15, 0.2) is 41.5 Å². The van der Waals surface area contributed by atoms with Gasteiger partial charge in [-0.15, -0.1) is 0 Å². The summed E-state index contributed by atoms with van der Waals surface area (Å²) < 4.78 is 16.1. The second kappa shape index (κ2) is 12.0. The van der Waals surface area contributed by atoms with Crippen LogP contribution < -0.4 is 19.6 Å². The molecule has 29 heavy (non-hydrogen) atoms. The Hall–Kier alpha value is -2.73. The molecule has 2 aromatic carbocycles. The van der Waals surface area contributed by atoms with Crippen LogP contribution in [0.1, 0.15) is 48.5 Å². The Bertz CT molecular complexity index is 822. The van der Waals surface area contributed by atoms with Crippen molar-refractivity contribution in [1.29, 1.82) is 0 Å². The number of nitrogens with zero attached hydrogens (tertiary/aromatic N) is 1. The van der Waals surface area contributed by atoms with Gasteiger partial charge in [-0.1, -0.05) is 37.8 Å². The first kappa shape index (κ1) is 22.6. The summed E-state index contributed by atoms with van der Waals surface area (Å²) in [6.07, 6.45) is 6.07. The van der Waals surface area contributed by atoms with Crippen LogP contribution in [-0.2, 0) is 0 Å². The van der Waals surface area contributed by atoms with Crippen LogP contribution >= 0.6 is 11.6 Å². The van der Waals surface area contributed by atoms with E-state index in [4.69, 9.17) is 25.8 Å². The lowest BCUT2D eigenvalue weighted by Crippen LogP contribution is -2.17. The molecule has 2 rings (SSSR count). The number of hydrogen-bond donors (Lipinski definition) is 1. The van der Waals surface area contributed by atoms with Crippen LogP contribution in [0.2, 0.25) is 5.02 Å². The number of hydrazone groups is 1. The molecule has 1 amide bonds. The predicted octanol–water partition coefficient (Wildman–Crippen LogP) is 5.08. The average Bonchev–Trinajstić information content (AvgIpc) is 2.74. The van der Waals surface area contributed by atoms with Gasteiger partial charge in [-0.2, -0.15) is 5.10 Å². The lowest BCUT2D eigenvalue weighted by atomic mass is 10.2. The molecule has 0 saturated carbocycles. The van der Waals surface area contributed by atoms with E-state index in [1.807, 2.05) is 0 Å². The van der Waals surface area contributed by atoms with E-state index in [-0.39, 0.29) is 5.91 Å².